The third-order valence-electron chi connectivity index (χ3n) is 2.99. The van der Waals surface area contributed by atoms with Crippen LogP contribution in [-0.4, -0.2) is 69.9 Å². The maximum atomic E-state index is 12.1. The Kier molecular flexibility index (Phi) is 7.06. The van der Waals surface area contributed by atoms with Gasteiger partial charge in [0.1, 0.15) is 0 Å². The molecule has 1 heterocycles. The predicted molar refractivity (Wildman–Crippen MR) is 73.0 cm³/mol. The Labute approximate surface area is 124 Å². The number of esters is 2. The predicted octanol–water partition coefficient (Wildman–Crippen LogP) is -0.467. The van der Waals surface area contributed by atoms with Crippen LogP contribution in [-0.2, 0) is 33.8 Å². The molecule has 1 aliphatic heterocycles. The Morgan fingerprint density at radius 3 is 2.67 bits per heavy atom. The van der Waals surface area contributed by atoms with Gasteiger partial charge >= 0.3 is 11.9 Å². The quantitative estimate of drug-likeness (QED) is 0.584. The molecule has 0 N–H and O–H groups in total. The number of hydrogen-bond donors (Lipinski definition) is 0. The molecule has 0 bridgehead atoms. The number of morpholine rings is 1. The van der Waals surface area contributed by atoms with Crippen molar-refractivity contribution in [2.75, 3.05) is 39.2 Å². The maximum absolute atomic E-state index is 12.1. The SMILES string of the molecule is CCOC(=O)CCS(=O)(=O)N1CCOC(CC(=O)OC)C1. The Morgan fingerprint density at radius 2 is 2.05 bits per heavy atom. The fourth-order valence-electron chi connectivity index (χ4n) is 1.91. The highest BCUT2D eigenvalue weighted by Crippen LogP contribution is 2.14. The molecular weight excluding hydrogens is 302 g/mol. The first-order chi connectivity index (χ1) is 9.89. The highest BCUT2D eigenvalue weighted by Gasteiger charge is 2.31. The Morgan fingerprint density at radius 1 is 1.33 bits per heavy atom. The van der Waals surface area contributed by atoms with Crippen molar-refractivity contribution in [1.29, 1.82) is 0 Å². The van der Waals surface area contributed by atoms with E-state index in [2.05, 4.69) is 4.74 Å². The van der Waals surface area contributed by atoms with Gasteiger partial charge in [-0.25, -0.2) is 8.42 Å². The molecule has 0 amide bonds. The second-order valence-corrected chi connectivity index (χ2v) is 6.59. The summed E-state index contributed by atoms with van der Waals surface area (Å²) in [5.74, 6) is -1.30. The third kappa shape index (κ3) is 5.98. The molecule has 9 heteroatoms. The zero-order valence-corrected chi connectivity index (χ0v) is 13.1. The summed E-state index contributed by atoms with van der Waals surface area (Å²) in [6.45, 7) is 2.38. The molecule has 1 atom stereocenters. The lowest BCUT2D eigenvalue weighted by molar-refractivity contribution is -0.145. The molecule has 0 radical (unpaired) electrons. The van der Waals surface area contributed by atoms with E-state index in [0.29, 0.717) is 0 Å². The van der Waals surface area contributed by atoms with Gasteiger partial charge in [0.05, 0.1) is 45.0 Å². The number of sulfonamides is 1. The number of carbonyl (C=O) groups excluding carboxylic acids is 2. The maximum Gasteiger partial charge on any atom is 0.308 e. The van der Waals surface area contributed by atoms with Gasteiger partial charge in [-0.15, -0.1) is 0 Å². The Bertz CT molecular complexity index is 462. The molecule has 1 unspecified atom stereocenters. The molecule has 21 heavy (non-hydrogen) atoms. The highest BCUT2D eigenvalue weighted by molar-refractivity contribution is 7.89. The van der Waals surface area contributed by atoms with Crippen molar-refractivity contribution in [3.05, 3.63) is 0 Å². The minimum absolute atomic E-state index is 0.000393. The van der Waals surface area contributed by atoms with Crippen molar-refractivity contribution in [1.82, 2.24) is 4.31 Å². The summed E-state index contributed by atoms with van der Waals surface area (Å²) < 4.78 is 40.1. The number of hydrogen-bond acceptors (Lipinski definition) is 7. The second-order valence-electron chi connectivity index (χ2n) is 4.50. The summed E-state index contributed by atoms with van der Waals surface area (Å²) in [6, 6.07) is 0. The van der Waals surface area contributed by atoms with Gasteiger partial charge in [-0.1, -0.05) is 0 Å². The van der Waals surface area contributed by atoms with Gasteiger partial charge in [-0.2, -0.15) is 4.31 Å². The lowest BCUT2D eigenvalue weighted by atomic mass is 10.2. The van der Waals surface area contributed by atoms with Gasteiger partial charge in [0.25, 0.3) is 0 Å². The number of ether oxygens (including phenoxy) is 3. The normalized spacial score (nSPS) is 20.0. The molecule has 1 fully saturated rings. The van der Waals surface area contributed by atoms with Crippen LogP contribution in [0.2, 0.25) is 0 Å². The van der Waals surface area contributed by atoms with E-state index in [-0.39, 0.29) is 44.9 Å². The van der Waals surface area contributed by atoms with Gasteiger partial charge in [-0.05, 0) is 6.92 Å². The summed E-state index contributed by atoms with van der Waals surface area (Å²) in [4.78, 5) is 22.4. The molecule has 0 aromatic carbocycles. The van der Waals surface area contributed by atoms with Crippen LogP contribution in [0.5, 0.6) is 0 Å². The third-order valence-corrected chi connectivity index (χ3v) is 4.82. The highest BCUT2D eigenvalue weighted by atomic mass is 32.2. The van der Waals surface area contributed by atoms with E-state index in [1.807, 2.05) is 0 Å². The van der Waals surface area contributed by atoms with Crippen molar-refractivity contribution in [2.24, 2.45) is 0 Å². The molecule has 0 spiro atoms. The summed E-state index contributed by atoms with van der Waals surface area (Å²) in [7, 11) is -2.31. The first-order valence-electron chi connectivity index (χ1n) is 6.71. The topological polar surface area (TPSA) is 99.2 Å². The van der Waals surface area contributed by atoms with Gasteiger partial charge in [0, 0.05) is 13.1 Å². The Balaban J connectivity index is 2.53. The van der Waals surface area contributed by atoms with Crippen LogP contribution in [0.4, 0.5) is 0 Å². The number of rotatable bonds is 7. The van der Waals surface area contributed by atoms with Crippen molar-refractivity contribution in [3.63, 3.8) is 0 Å². The minimum Gasteiger partial charge on any atom is -0.469 e. The minimum atomic E-state index is -3.57. The molecular formula is C12H21NO7S. The smallest absolute Gasteiger partial charge is 0.308 e. The monoisotopic (exact) mass is 323 g/mol. The molecule has 1 saturated heterocycles. The van der Waals surface area contributed by atoms with E-state index in [1.54, 1.807) is 6.92 Å². The van der Waals surface area contributed by atoms with Crippen molar-refractivity contribution in [2.45, 2.75) is 25.9 Å². The van der Waals surface area contributed by atoms with Crippen molar-refractivity contribution in [3.8, 4) is 0 Å². The molecule has 0 aromatic rings. The number of nitrogens with zero attached hydrogens (tertiary/aromatic N) is 1. The fourth-order valence-corrected chi connectivity index (χ4v) is 3.34. The van der Waals surface area contributed by atoms with Crippen molar-refractivity contribution >= 4 is 22.0 Å². The summed E-state index contributed by atoms with van der Waals surface area (Å²) in [6.07, 6.45) is -0.709. The molecule has 122 valence electrons. The van der Waals surface area contributed by atoms with Crippen LogP contribution in [0.15, 0.2) is 0 Å². The average molecular weight is 323 g/mol. The second kappa shape index (κ2) is 8.30. The van der Waals surface area contributed by atoms with E-state index < -0.39 is 28.1 Å². The molecule has 1 aliphatic rings. The van der Waals surface area contributed by atoms with E-state index in [0.717, 1.165) is 0 Å². The van der Waals surface area contributed by atoms with E-state index in [1.165, 1.54) is 11.4 Å². The largest absolute Gasteiger partial charge is 0.469 e. The van der Waals surface area contributed by atoms with Crippen LogP contribution < -0.4 is 0 Å². The lowest BCUT2D eigenvalue weighted by Gasteiger charge is -2.31. The zero-order chi connectivity index (χ0) is 15.9. The number of carbonyl (C=O) groups is 2. The van der Waals surface area contributed by atoms with E-state index >= 15 is 0 Å². The first kappa shape index (κ1) is 17.9. The van der Waals surface area contributed by atoms with E-state index in [9.17, 15) is 18.0 Å². The van der Waals surface area contributed by atoms with Gasteiger partial charge in [-0.3, -0.25) is 9.59 Å². The average Bonchev–Trinajstić information content (AvgIpc) is 2.46. The Hall–Kier alpha value is -1.19. The molecule has 8 nitrogen and oxygen atoms in total. The molecule has 1 rings (SSSR count). The van der Waals surface area contributed by atoms with Crippen LogP contribution in [0, 0.1) is 0 Å². The molecule has 0 saturated carbocycles. The summed E-state index contributed by atoms with van der Waals surface area (Å²) in [5.41, 5.74) is 0. The summed E-state index contributed by atoms with van der Waals surface area (Å²) in [5, 5.41) is 0. The van der Waals surface area contributed by atoms with Crippen molar-refractivity contribution < 1.29 is 32.2 Å². The standard InChI is InChI=1S/C12H21NO7S/c1-3-19-11(14)4-7-21(16,17)13-5-6-20-10(9-13)8-12(15)18-2/h10H,3-9H2,1-2H3. The number of methoxy groups -OCH3 is 1. The molecule has 0 aliphatic carbocycles. The molecule has 0 aromatic heterocycles. The van der Waals surface area contributed by atoms with Crippen LogP contribution in [0.25, 0.3) is 0 Å². The first-order valence-corrected chi connectivity index (χ1v) is 8.31. The van der Waals surface area contributed by atoms with Gasteiger partial charge in [0.15, 0.2) is 0 Å². The summed E-state index contributed by atoms with van der Waals surface area (Å²) >= 11 is 0. The van der Waals surface area contributed by atoms with Gasteiger partial charge in [0.2, 0.25) is 10.0 Å². The lowest BCUT2D eigenvalue weighted by Crippen LogP contribution is -2.47. The fraction of sp³-hybridized carbons (Fsp3) is 0.833. The van der Waals surface area contributed by atoms with Crippen LogP contribution >= 0.6 is 0 Å². The van der Waals surface area contributed by atoms with E-state index in [4.69, 9.17) is 9.47 Å². The van der Waals surface area contributed by atoms with Crippen LogP contribution in [0.3, 0.4) is 0 Å². The van der Waals surface area contributed by atoms with Crippen LogP contribution in [0.1, 0.15) is 19.8 Å². The zero-order valence-electron chi connectivity index (χ0n) is 12.2. The van der Waals surface area contributed by atoms with Gasteiger partial charge < -0.3 is 14.2 Å².